The van der Waals surface area contributed by atoms with Gasteiger partial charge in [0.25, 0.3) is 5.56 Å². The van der Waals surface area contributed by atoms with E-state index in [1.54, 1.807) is 21.5 Å². The fourth-order valence-electron chi connectivity index (χ4n) is 5.22. The fraction of sp³-hybridized carbons (Fsp3) is 0.407. The number of halogens is 1. The molecule has 4 heterocycles. The molecule has 1 aliphatic heterocycles. The van der Waals surface area contributed by atoms with Crippen molar-refractivity contribution < 1.29 is 9.90 Å². The van der Waals surface area contributed by atoms with E-state index >= 15 is 0 Å². The molecule has 1 amide bonds. The Balaban J connectivity index is 1.26. The number of hydrogen-bond donors (Lipinski definition) is 1. The molecule has 0 spiro atoms. The number of nitrogens with zero attached hydrogens (tertiary/aromatic N) is 6. The number of piperidine rings is 1. The van der Waals surface area contributed by atoms with E-state index in [0.29, 0.717) is 42.1 Å². The van der Waals surface area contributed by atoms with Crippen molar-refractivity contribution in [3.05, 3.63) is 64.6 Å². The van der Waals surface area contributed by atoms with Gasteiger partial charge in [-0.25, -0.2) is 4.98 Å². The quantitative estimate of drug-likeness (QED) is 0.435. The van der Waals surface area contributed by atoms with Crippen LogP contribution in [0.25, 0.3) is 27.8 Å². The summed E-state index contributed by atoms with van der Waals surface area (Å²) >= 11 is 6.61. The first-order valence-corrected chi connectivity index (χ1v) is 12.9. The Morgan fingerprint density at radius 3 is 2.57 bits per heavy atom. The van der Waals surface area contributed by atoms with Crippen LogP contribution in [0.4, 0.5) is 0 Å². The largest absolute Gasteiger partial charge is 0.388 e. The first-order chi connectivity index (χ1) is 17.7. The number of benzene rings is 1. The van der Waals surface area contributed by atoms with Crippen LogP contribution >= 0.6 is 11.6 Å². The van der Waals surface area contributed by atoms with Crippen molar-refractivity contribution in [2.24, 2.45) is 12.5 Å². The van der Waals surface area contributed by atoms with Crippen LogP contribution in [0.3, 0.4) is 0 Å². The van der Waals surface area contributed by atoms with Crippen molar-refractivity contribution in [3.8, 4) is 16.8 Å². The molecule has 4 aromatic rings. The summed E-state index contributed by atoms with van der Waals surface area (Å²) in [6.07, 6.45) is 7.91. The van der Waals surface area contributed by atoms with Gasteiger partial charge in [0.2, 0.25) is 5.91 Å². The third kappa shape index (κ3) is 4.26. The van der Waals surface area contributed by atoms with Crippen LogP contribution in [0.1, 0.15) is 32.6 Å². The van der Waals surface area contributed by atoms with Crippen LogP contribution in [-0.2, 0) is 18.4 Å². The zero-order valence-corrected chi connectivity index (χ0v) is 21.6. The van der Waals surface area contributed by atoms with E-state index in [4.69, 9.17) is 11.6 Å². The Labute approximate surface area is 218 Å². The van der Waals surface area contributed by atoms with Crippen molar-refractivity contribution in [3.63, 3.8) is 0 Å². The molecule has 1 aromatic carbocycles. The van der Waals surface area contributed by atoms with Gasteiger partial charge in [-0.1, -0.05) is 30.7 Å². The number of fused-ring (bicyclic) bond motifs is 1. The number of aromatic nitrogens is 5. The molecule has 2 aliphatic rings. The van der Waals surface area contributed by atoms with E-state index in [2.05, 4.69) is 10.1 Å². The van der Waals surface area contributed by atoms with Gasteiger partial charge in [0, 0.05) is 43.0 Å². The maximum atomic E-state index is 13.4. The molecule has 3 aromatic heterocycles. The highest BCUT2D eigenvalue weighted by atomic mass is 35.5. The van der Waals surface area contributed by atoms with Gasteiger partial charge in [0.15, 0.2) is 5.65 Å². The lowest BCUT2D eigenvalue weighted by atomic mass is 9.90. The van der Waals surface area contributed by atoms with Crippen LogP contribution in [-0.4, -0.2) is 58.5 Å². The van der Waals surface area contributed by atoms with Gasteiger partial charge < -0.3 is 10.0 Å². The van der Waals surface area contributed by atoms with E-state index < -0.39 is 5.60 Å². The normalized spacial score (nSPS) is 18.3. The molecule has 0 atom stereocenters. The fourth-order valence-corrected chi connectivity index (χ4v) is 5.51. The van der Waals surface area contributed by atoms with Gasteiger partial charge in [-0.3, -0.25) is 23.4 Å². The first kappa shape index (κ1) is 23.9. The van der Waals surface area contributed by atoms with E-state index in [0.717, 1.165) is 29.7 Å². The van der Waals surface area contributed by atoms with Crippen molar-refractivity contribution in [1.82, 2.24) is 28.8 Å². The zero-order chi connectivity index (χ0) is 25.9. The number of amides is 1. The monoisotopic (exact) mass is 520 g/mol. The molecule has 0 radical (unpaired) electrons. The third-order valence-corrected chi connectivity index (χ3v) is 8.12. The predicted octanol–water partition coefficient (Wildman–Crippen LogP) is 3.39. The summed E-state index contributed by atoms with van der Waals surface area (Å²) in [4.78, 5) is 32.5. The van der Waals surface area contributed by atoms with Crippen molar-refractivity contribution in [2.75, 3.05) is 13.1 Å². The predicted molar refractivity (Wildman–Crippen MR) is 141 cm³/mol. The molecule has 0 unspecified atom stereocenters. The molecule has 9 nitrogen and oxygen atoms in total. The highest BCUT2D eigenvalue weighted by Gasteiger charge is 2.48. The second-order valence-electron chi connectivity index (χ2n) is 10.7. The minimum absolute atomic E-state index is 0.118. The summed E-state index contributed by atoms with van der Waals surface area (Å²) in [6.45, 7) is 3.10. The lowest BCUT2D eigenvalue weighted by molar-refractivity contribution is -0.141. The molecule has 1 saturated carbocycles. The van der Waals surface area contributed by atoms with E-state index in [-0.39, 0.29) is 23.4 Å². The molecule has 10 heteroatoms. The van der Waals surface area contributed by atoms with Crippen molar-refractivity contribution >= 4 is 28.5 Å². The molecule has 2 fully saturated rings. The van der Waals surface area contributed by atoms with Crippen LogP contribution in [0.15, 0.2) is 53.8 Å². The average molecular weight is 521 g/mol. The Morgan fingerprint density at radius 1 is 1.14 bits per heavy atom. The van der Waals surface area contributed by atoms with Gasteiger partial charge in [-0.05, 0) is 49.4 Å². The SMILES string of the molecule is Cn1cc(-c2cccc(-n3c(Cl)cc4c(=O)n(CC5(O)CCN(C(=O)C6(C)CC6)CC5)cnc43)c2)cn1. The van der Waals surface area contributed by atoms with Crippen molar-refractivity contribution in [2.45, 2.75) is 44.8 Å². The second-order valence-corrected chi connectivity index (χ2v) is 11.1. The molecule has 0 bridgehead atoms. The number of rotatable bonds is 5. The first-order valence-electron chi connectivity index (χ1n) is 12.5. The lowest BCUT2D eigenvalue weighted by Gasteiger charge is -2.39. The molecule has 1 aliphatic carbocycles. The number of likely N-dealkylation sites (tertiary alicyclic amines) is 1. The number of carbonyl (C=O) groups is 1. The maximum absolute atomic E-state index is 13.4. The smallest absolute Gasteiger partial charge is 0.262 e. The Morgan fingerprint density at radius 2 is 1.89 bits per heavy atom. The number of carbonyl (C=O) groups excluding carboxylic acids is 1. The topological polar surface area (TPSA) is 98.2 Å². The maximum Gasteiger partial charge on any atom is 0.262 e. The van der Waals surface area contributed by atoms with E-state index in [9.17, 15) is 14.7 Å². The van der Waals surface area contributed by atoms with Gasteiger partial charge in [0.05, 0.1) is 23.7 Å². The highest BCUT2D eigenvalue weighted by Crippen LogP contribution is 2.47. The molecule has 1 N–H and O–H groups in total. The molecule has 6 rings (SSSR count). The summed E-state index contributed by atoms with van der Waals surface area (Å²) in [5.41, 5.74) is 1.63. The van der Waals surface area contributed by atoms with Crippen LogP contribution < -0.4 is 5.56 Å². The number of aliphatic hydroxyl groups is 1. The molecule has 1 saturated heterocycles. The summed E-state index contributed by atoms with van der Waals surface area (Å²) in [5, 5.41) is 16.3. The van der Waals surface area contributed by atoms with Gasteiger partial charge >= 0.3 is 0 Å². The molecular formula is C27H29ClN6O3. The number of aryl methyl sites for hydroxylation is 1. The van der Waals surface area contributed by atoms with E-state index in [1.807, 2.05) is 49.3 Å². The standard InChI is InChI=1S/C27H29ClN6O3/c1-26(6-7-26)25(36)32-10-8-27(37,9-11-32)16-33-17-29-23-21(24(33)35)13-22(28)34(23)20-5-3-4-18(12-20)19-14-30-31(2)15-19/h3-5,12-15,17,37H,6-11,16H2,1-2H3. The second kappa shape index (κ2) is 8.56. The minimum Gasteiger partial charge on any atom is -0.388 e. The zero-order valence-electron chi connectivity index (χ0n) is 20.9. The molecule has 192 valence electrons. The third-order valence-electron chi connectivity index (χ3n) is 7.85. The van der Waals surface area contributed by atoms with Crippen LogP contribution in [0.5, 0.6) is 0 Å². The minimum atomic E-state index is -1.08. The highest BCUT2D eigenvalue weighted by molar-refractivity contribution is 6.31. The summed E-state index contributed by atoms with van der Waals surface area (Å²) < 4.78 is 4.95. The van der Waals surface area contributed by atoms with Crippen LogP contribution in [0, 0.1) is 5.41 Å². The lowest BCUT2D eigenvalue weighted by Crippen LogP contribution is -2.51. The molecular weight excluding hydrogens is 492 g/mol. The van der Waals surface area contributed by atoms with Gasteiger partial charge in [0.1, 0.15) is 11.5 Å². The van der Waals surface area contributed by atoms with E-state index in [1.165, 1.54) is 10.9 Å². The Bertz CT molecular complexity index is 1570. The van der Waals surface area contributed by atoms with Crippen molar-refractivity contribution in [1.29, 1.82) is 0 Å². The summed E-state index contributed by atoms with van der Waals surface area (Å²) in [5.74, 6) is 0.179. The van der Waals surface area contributed by atoms with Gasteiger partial charge in [-0.2, -0.15) is 5.10 Å². The Hall–Kier alpha value is -3.43. The average Bonchev–Trinajstić information content (AvgIpc) is 3.32. The van der Waals surface area contributed by atoms with Crippen LogP contribution in [0.2, 0.25) is 5.15 Å². The Kier molecular flexibility index (Phi) is 5.54. The summed E-state index contributed by atoms with van der Waals surface area (Å²) in [7, 11) is 1.87. The molecule has 37 heavy (non-hydrogen) atoms. The summed E-state index contributed by atoms with van der Waals surface area (Å²) in [6, 6.07) is 9.44. The number of hydrogen-bond acceptors (Lipinski definition) is 5. The van der Waals surface area contributed by atoms with Gasteiger partial charge in [-0.15, -0.1) is 0 Å².